The molecule has 2 heterocycles. The molecule has 1 aliphatic heterocycles. The van der Waals surface area contributed by atoms with E-state index in [9.17, 15) is 0 Å². The van der Waals surface area contributed by atoms with Gasteiger partial charge in [0.05, 0.1) is 16.8 Å². The molecule has 1 saturated heterocycles. The number of fused-ring (bicyclic) bond motifs is 1. The molecule has 1 aromatic carbocycles. The van der Waals surface area contributed by atoms with Crippen molar-refractivity contribution in [2.24, 2.45) is 5.73 Å². The van der Waals surface area contributed by atoms with Crippen LogP contribution in [-0.4, -0.2) is 33.6 Å². The second kappa shape index (κ2) is 5.81. The van der Waals surface area contributed by atoms with Crippen molar-refractivity contribution in [2.75, 3.05) is 18.0 Å². The maximum Gasteiger partial charge on any atom is 0.107 e. The van der Waals surface area contributed by atoms with E-state index in [1.165, 1.54) is 0 Å². The second-order valence-electron chi connectivity index (χ2n) is 5.56. The number of hydrogen-bond donors (Lipinski definition) is 1. The molecule has 1 fully saturated rings. The number of nitrogens with zero attached hydrogens (tertiary/aromatic N) is 2. The number of benzene rings is 1. The molecule has 5 heteroatoms. The molecular weight excluding hydrogens is 298 g/mol. The molecule has 2 atom stereocenters. The van der Waals surface area contributed by atoms with Gasteiger partial charge in [-0.15, -0.1) is 0 Å². The van der Waals surface area contributed by atoms with Crippen molar-refractivity contribution in [1.82, 2.24) is 4.98 Å². The van der Waals surface area contributed by atoms with Gasteiger partial charge in [-0.05, 0) is 6.07 Å². The van der Waals surface area contributed by atoms with E-state index in [2.05, 4.69) is 29.8 Å². The first-order valence-electron chi connectivity index (χ1n) is 7.14. The average Bonchev–Trinajstić information content (AvgIpc) is 2.44. The fraction of sp³-hybridized carbons (Fsp3) is 0.375. The van der Waals surface area contributed by atoms with Gasteiger partial charge in [-0.1, -0.05) is 44.3 Å². The van der Waals surface area contributed by atoms with Gasteiger partial charge in [0, 0.05) is 35.2 Å². The Hall–Kier alpha value is -1.33. The summed E-state index contributed by atoms with van der Waals surface area (Å²) < 4.78 is 0. The first kappa shape index (κ1) is 14.6. The highest BCUT2D eigenvalue weighted by molar-refractivity contribution is 8.00. The van der Waals surface area contributed by atoms with Crippen LogP contribution in [-0.2, 0) is 0 Å². The van der Waals surface area contributed by atoms with E-state index in [1.54, 1.807) is 0 Å². The van der Waals surface area contributed by atoms with Crippen molar-refractivity contribution < 1.29 is 0 Å². The molecule has 1 aliphatic rings. The Kier molecular flexibility index (Phi) is 4.04. The molecular formula is C16H19N3S2. The lowest BCUT2D eigenvalue weighted by atomic mass is 10.1. The third kappa shape index (κ3) is 2.85. The van der Waals surface area contributed by atoms with Crippen LogP contribution in [0, 0.1) is 0 Å². The van der Waals surface area contributed by atoms with E-state index in [-0.39, 0.29) is 0 Å². The van der Waals surface area contributed by atoms with Gasteiger partial charge in [-0.3, -0.25) is 4.98 Å². The first-order chi connectivity index (χ1) is 10.1. The molecule has 2 aromatic rings. The second-order valence-corrected chi connectivity index (χ2v) is 7.89. The molecule has 3 nitrogen and oxygen atoms in total. The Labute approximate surface area is 134 Å². The minimum absolute atomic E-state index is 0.418. The third-order valence-corrected chi connectivity index (χ3v) is 5.20. The molecule has 1 aromatic heterocycles. The van der Waals surface area contributed by atoms with Crippen LogP contribution < -0.4 is 10.6 Å². The van der Waals surface area contributed by atoms with Gasteiger partial charge in [0.15, 0.2) is 0 Å². The number of nitrogens with two attached hydrogens (primary N) is 1. The highest BCUT2D eigenvalue weighted by atomic mass is 32.2. The number of pyridine rings is 1. The van der Waals surface area contributed by atoms with E-state index in [4.69, 9.17) is 18.0 Å². The van der Waals surface area contributed by atoms with Gasteiger partial charge in [0.25, 0.3) is 0 Å². The summed E-state index contributed by atoms with van der Waals surface area (Å²) in [7, 11) is 0. The van der Waals surface area contributed by atoms with Crippen LogP contribution in [0.1, 0.15) is 19.4 Å². The highest BCUT2D eigenvalue weighted by Crippen LogP contribution is 2.34. The maximum absolute atomic E-state index is 5.94. The Morgan fingerprint density at radius 2 is 1.95 bits per heavy atom. The molecule has 2 unspecified atom stereocenters. The number of para-hydroxylation sites is 1. The maximum atomic E-state index is 5.94. The highest BCUT2D eigenvalue weighted by Gasteiger charge is 2.26. The molecule has 0 amide bonds. The van der Waals surface area contributed by atoms with E-state index in [1.807, 2.05) is 36.2 Å². The van der Waals surface area contributed by atoms with E-state index in [0.717, 1.165) is 35.2 Å². The van der Waals surface area contributed by atoms with Crippen molar-refractivity contribution in [3.05, 3.63) is 36.0 Å². The van der Waals surface area contributed by atoms with Gasteiger partial charge < -0.3 is 10.6 Å². The molecule has 0 aliphatic carbocycles. The summed E-state index contributed by atoms with van der Waals surface area (Å²) in [5.74, 6) is 0. The largest absolute Gasteiger partial charge is 0.389 e. The summed E-state index contributed by atoms with van der Waals surface area (Å²) in [6.45, 7) is 6.57. The number of rotatable bonds is 2. The molecule has 21 heavy (non-hydrogen) atoms. The topological polar surface area (TPSA) is 42.1 Å². The smallest absolute Gasteiger partial charge is 0.107 e. The number of hydrogen-bond acceptors (Lipinski definition) is 4. The van der Waals surface area contributed by atoms with E-state index >= 15 is 0 Å². The fourth-order valence-electron chi connectivity index (χ4n) is 3.01. The molecule has 0 saturated carbocycles. The van der Waals surface area contributed by atoms with Gasteiger partial charge >= 0.3 is 0 Å². The summed E-state index contributed by atoms with van der Waals surface area (Å²) in [5.41, 5.74) is 8.96. The van der Waals surface area contributed by atoms with Crippen molar-refractivity contribution in [1.29, 1.82) is 0 Å². The Morgan fingerprint density at radius 1 is 1.29 bits per heavy atom. The Balaban J connectivity index is 2.18. The molecule has 110 valence electrons. The zero-order valence-electron chi connectivity index (χ0n) is 12.2. The van der Waals surface area contributed by atoms with Crippen LogP contribution in [0.5, 0.6) is 0 Å². The number of thioether (sulfide) groups is 1. The standard InChI is InChI=1S/C16H19N3S2/c1-10-8-19(9-11(2)21-10)15-12-5-3-4-6-14(12)18-7-13(15)16(17)20/h3-7,10-11H,8-9H2,1-2H3,(H2,17,20). The van der Waals surface area contributed by atoms with Crippen LogP contribution in [0.25, 0.3) is 10.9 Å². The quantitative estimate of drug-likeness (QED) is 0.862. The van der Waals surface area contributed by atoms with E-state index < -0.39 is 0 Å². The van der Waals surface area contributed by atoms with Crippen molar-refractivity contribution >= 4 is 45.6 Å². The Bertz CT molecular complexity index is 676. The molecule has 0 spiro atoms. The lowest BCUT2D eigenvalue weighted by Crippen LogP contribution is -2.41. The van der Waals surface area contributed by atoms with Crippen LogP contribution >= 0.6 is 24.0 Å². The van der Waals surface area contributed by atoms with Crippen LogP contribution in [0.2, 0.25) is 0 Å². The summed E-state index contributed by atoms with van der Waals surface area (Å²) in [6, 6.07) is 8.20. The SMILES string of the molecule is CC1CN(c2c(C(N)=S)cnc3ccccc23)CC(C)S1. The number of aromatic nitrogens is 1. The monoisotopic (exact) mass is 317 g/mol. The van der Waals surface area contributed by atoms with Crippen molar-refractivity contribution in [3.63, 3.8) is 0 Å². The van der Waals surface area contributed by atoms with Crippen LogP contribution in [0.15, 0.2) is 30.5 Å². The summed E-state index contributed by atoms with van der Waals surface area (Å²) >= 11 is 7.28. The van der Waals surface area contributed by atoms with E-state index in [0.29, 0.717) is 15.5 Å². The minimum Gasteiger partial charge on any atom is -0.389 e. The summed E-state index contributed by atoms with van der Waals surface area (Å²) in [6.07, 6.45) is 1.82. The normalized spacial score (nSPS) is 22.5. The average molecular weight is 317 g/mol. The van der Waals surface area contributed by atoms with Crippen LogP contribution in [0.3, 0.4) is 0 Å². The predicted molar refractivity (Wildman–Crippen MR) is 96.4 cm³/mol. The van der Waals surface area contributed by atoms with Gasteiger partial charge in [0.1, 0.15) is 4.99 Å². The molecule has 3 rings (SSSR count). The minimum atomic E-state index is 0.418. The zero-order chi connectivity index (χ0) is 15.0. The van der Waals surface area contributed by atoms with Gasteiger partial charge in [0.2, 0.25) is 0 Å². The molecule has 0 bridgehead atoms. The van der Waals surface area contributed by atoms with Gasteiger partial charge in [-0.25, -0.2) is 0 Å². The fourth-order valence-corrected chi connectivity index (χ4v) is 4.48. The number of anilines is 1. The Morgan fingerprint density at radius 3 is 2.62 bits per heavy atom. The molecule has 0 radical (unpaired) electrons. The third-order valence-electron chi connectivity index (χ3n) is 3.75. The lowest BCUT2D eigenvalue weighted by Gasteiger charge is -2.37. The van der Waals surface area contributed by atoms with Crippen LogP contribution in [0.4, 0.5) is 5.69 Å². The lowest BCUT2D eigenvalue weighted by molar-refractivity contribution is 0.730. The summed E-state index contributed by atoms with van der Waals surface area (Å²) in [5, 5.41) is 2.33. The molecule has 2 N–H and O–H groups in total. The number of thiocarbonyl (C=S) groups is 1. The van der Waals surface area contributed by atoms with Crippen molar-refractivity contribution in [3.8, 4) is 0 Å². The zero-order valence-corrected chi connectivity index (χ0v) is 13.9. The summed E-state index contributed by atoms with van der Waals surface area (Å²) in [4.78, 5) is 7.34. The van der Waals surface area contributed by atoms with Gasteiger partial charge in [-0.2, -0.15) is 11.8 Å². The van der Waals surface area contributed by atoms with Crippen molar-refractivity contribution in [2.45, 2.75) is 24.3 Å². The first-order valence-corrected chi connectivity index (χ1v) is 8.49. The predicted octanol–water partition coefficient (Wildman–Crippen LogP) is 3.20.